The molecule has 0 N–H and O–H groups in total. The van der Waals surface area contributed by atoms with Crippen molar-refractivity contribution in [2.24, 2.45) is 0 Å². The molecule has 1 aromatic heterocycles. The number of nitrogens with zero attached hydrogens (tertiary/aromatic N) is 1. The van der Waals surface area contributed by atoms with E-state index in [1.807, 2.05) is 30.3 Å². The van der Waals surface area contributed by atoms with Crippen LogP contribution in [0.3, 0.4) is 0 Å². The lowest BCUT2D eigenvalue weighted by atomic mass is 10.0. The van der Waals surface area contributed by atoms with Crippen molar-refractivity contribution in [1.82, 2.24) is 4.98 Å². The molecule has 0 aliphatic rings. The minimum absolute atomic E-state index is 0.0570. The second-order valence-electron chi connectivity index (χ2n) is 3.95. The van der Waals surface area contributed by atoms with Gasteiger partial charge in [0.2, 0.25) is 0 Å². The van der Waals surface area contributed by atoms with Crippen LogP contribution in [0.5, 0.6) is 5.75 Å². The van der Waals surface area contributed by atoms with E-state index < -0.39 is 0 Å². The van der Waals surface area contributed by atoms with Gasteiger partial charge in [0.1, 0.15) is 11.4 Å². The smallest absolute Gasteiger partial charge is 0.181 e. The molecule has 2 aromatic rings. The van der Waals surface area contributed by atoms with E-state index in [2.05, 4.69) is 4.98 Å². The topological polar surface area (TPSA) is 39.2 Å². The van der Waals surface area contributed by atoms with Crippen LogP contribution >= 0.6 is 0 Å². The number of methoxy groups -OCH3 is 1. The van der Waals surface area contributed by atoms with Crippen LogP contribution in [0.1, 0.15) is 22.5 Å². The summed E-state index contributed by atoms with van der Waals surface area (Å²) in [5, 5.41) is 0. The van der Waals surface area contributed by atoms with Gasteiger partial charge < -0.3 is 4.74 Å². The number of para-hydroxylation sites is 1. The van der Waals surface area contributed by atoms with Gasteiger partial charge in [-0.15, -0.1) is 0 Å². The Hall–Kier alpha value is -2.16. The molecule has 0 amide bonds. The van der Waals surface area contributed by atoms with E-state index in [0.29, 0.717) is 18.5 Å². The highest BCUT2D eigenvalue weighted by Gasteiger charge is 2.08. The van der Waals surface area contributed by atoms with Crippen molar-refractivity contribution in [3.63, 3.8) is 0 Å². The van der Waals surface area contributed by atoms with Gasteiger partial charge in [0.15, 0.2) is 5.78 Å². The predicted molar refractivity (Wildman–Crippen MR) is 69.9 cm³/mol. The molecule has 1 heterocycles. The summed E-state index contributed by atoms with van der Waals surface area (Å²) in [6, 6.07) is 13.1. The van der Waals surface area contributed by atoms with Gasteiger partial charge in [0.25, 0.3) is 0 Å². The van der Waals surface area contributed by atoms with Crippen LogP contribution in [0.25, 0.3) is 0 Å². The summed E-state index contributed by atoms with van der Waals surface area (Å²) >= 11 is 0. The number of pyridine rings is 1. The molecule has 18 heavy (non-hydrogen) atoms. The molecule has 1 aromatic carbocycles. The minimum Gasteiger partial charge on any atom is -0.496 e. The van der Waals surface area contributed by atoms with E-state index >= 15 is 0 Å². The number of rotatable bonds is 5. The molecular formula is C15H15NO2. The molecule has 3 heteroatoms. The lowest BCUT2D eigenvalue weighted by Crippen LogP contribution is -2.04. The van der Waals surface area contributed by atoms with Gasteiger partial charge in [0, 0.05) is 12.6 Å². The van der Waals surface area contributed by atoms with Crippen molar-refractivity contribution < 1.29 is 9.53 Å². The van der Waals surface area contributed by atoms with Crippen LogP contribution in [-0.2, 0) is 6.42 Å². The zero-order valence-electron chi connectivity index (χ0n) is 10.3. The van der Waals surface area contributed by atoms with Gasteiger partial charge in [-0.05, 0) is 30.2 Å². The van der Waals surface area contributed by atoms with Gasteiger partial charge in [-0.25, -0.2) is 0 Å². The highest BCUT2D eigenvalue weighted by Crippen LogP contribution is 2.19. The molecule has 3 nitrogen and oxygen atoms in total. The first-order valence-electron chi connectivity index (χ1n) is 5.87. The van der Waals surface area contributed by atoms with Gasteiger partial charge in [-0.2, -0.15) is 0 Å². The lowest BCUT2D eigenvalue weighted by molar-refractivity contribution is 0.0978. The second kappa shape index (κ2) is 5.96. The molecule has 0 saturated heterocycles. The molecule has 0 fully saturated rings. The summed E-state index contributed by atoms with van der Waals surface area (Å²) in [5.74, 6) is 0.882. The maximum absolute atomic E-state index is 11.9. The number of aryl methyl sites for hydroxylation is 1. The van der Waals surface area contributed by atoms with E-state index in [1.165, 1.54) is 0 Å². The zero-order chi connectivity index (χ0) is 12.8. The third-order valence-electron chi connectivity index (χ3n) is 2.76. The van der Waals surface area contributed by atoms with Crippen LogP contribution in [0.4, 0.5) is 0 Å². The van der Waals surface area contributed by atoms with Crippen molar-refractivity contribution >= 4 is 5.78 Å². The molecule has 0 atom stereocenters. The molecule has 0 saturated carbocycles. The van der Waals surface area contributed by atoms with Crippen molar-refractivity contribution in [3.8, 4) is 5.75 Å². The average Bonchev–Trinajstić information content (AvgIpc) is 2.46. The predicted octanol–water partition coefficient (Wildman–Crippen LogP) is 2.91. The highest BCUT2D eigenvalue weighted by molar-refractivity contribution is 5.94. The number of hydrogen-bond donors (Lipinski definition) is 0. The number of aromatic nitrogens is 1. The third kappa shape index (κ3) is 2.94. The Labute approximate surface area is 106 Å². The fraction of sp³-hybridized carbons (Fsp3) is 0.200. The van der Waals surface area contributed by atoms with E-state index in [1.54, 1.807) is 25.4 Å². The second-order valence-corrected chi connectivity index (χ2v) is 3.95. The average molecular weight is 241 g/mol. The Bertz CT molecular complexity index is 523. The molecule has 92 valence electrons. The van der Waals surface area contributed by atoms with Crippen molar-refractivity contribution in [2.45, 2.75) is 12.8 Å². The summed E-state index contributed by atoms with van der Waals surface area (Å²) in [6.45, 7) is 0. The van der Waals surface area contributed by atoms with E-state index in [4.69, 9.17) is 4.74 Å². The van der Waals surface area contributed by atoms with Gasteiger partial charge in [0.05, 0.1) is 7.11 Å². The zero-order valence-corrected chi connectivity index (χ0v) is 10.3. The standard InChI is InChI=1S/C15H15NO2/c1-18-15-8-3-2-6-12(15)9-10-14(17)13-7-4-5-11-16-13/h2-8,11H,9-10H2,1H3. The largest absolute Gasteiger partial charge is 0.496 e. The highest BCUT2D eigenvalue weighted by atomic mass is 16.5. The Morgan fingerprint density at radius 3 is 2.67 bits per heavy atom. The molecule has 0 aliphatic heterocycles. The van der Waals surface area contributed by atoms with Crippen LogP contribution < -0.4 is 4.74 Å². The summed E-state index contributed by atoms with van der Waals surface area (Å²) in [4.78, 5) is 16.0. The Kier molecular flexibility index (Phi) is 4.07. The van der Waals surface area contributed by atoms with E-state index in [0.717, 1.165) is 11.3 Å². The number of ether oxygens (including phenoxy) is 1. The minimum atomic E-state index is 0.0570. The van der Waals surface area contributed by atoms with Gasteiger partial charge in [-0.3, -0.25) is 9.78 Å². The fourth-order valence-corrected chi connectivity index (χ4v) is 1.81. The molecular weight excluding hydrogens is 226 g/mol. The number of carbonyl (C=O) groups excluding carboxylic acids is 1. The van der Waals surface area contributed by atoms with E-state index in [9.17, 15) is 4.79 Å². The van der Waals surface area contributed by atoms with Crippen molar-refractivity contribution in [1.29, 1.82) is 0 Å². The number of benzene rings is 1. The Morgan fingerprint density at radius 2 is 1.94 bits per heavy atom. The first-order chi connectivity index (χ1) is 8.81. The van der Waals surface area contributed by atoms with Crippen LogP contribution in [0, 0.1) is 0 Å². The summed E-state index contributed by atoms with van der Waals surface area (Å²) in [5.41, 5.74) is 1.57. The summed E-state index contributed by atoms with van der Waals surface area (Å²) in [7, 11) is 1.64. The Morgan fingerprint density at radius 1 is 1.17 bits per heavy atom. The molecule has 0 aliphatic carbocycles. The van der Waals surface area contributed by atoms with E-state index in [-0.39, 0.29) is 5.78 Å². The van der Waals surface area contributed by atoms with Crippen LogP contribution in [0.2, 0.25) is 0 Å². The maximum atomic E-state index is 11.9. The number of ketones is 1. The normalized spacial score (nSPS) is 10.1. The van der Waals surface area contributed by atoms with Crippen molar-refractivity contribution in [3.05, 3.63) is 59.9 Å². The number of carbonyl (C=O) groups is 1. The molecule has 0 unspecified atom stereocenters. The van der Waals surface area contributed by atoms with Crippen molar-refractivity contribution in [2.75, 3.05) is 7.11 Å². The van der Waals surface area contributed by atoms with Gasteiger partial charge in [-0.1, -0.05) is 24.3 Å². The number of Topliss-reactive ketones (excluding diaryl/α,β-unsaturated/α-hetero) is 1. The van der Waals surface area contributed by atoms with Gasteiger partial charge >= 0.3 is 0 Å². The maximum Gasteiger partial charge on any atom is 0.181 e. The fourth-order valence-electron chi connectivity index (χ4n) is 1.81. The quantitative estimate of drug-likeness (QED) is 0.755. The third-order valence-corrected chi connectivity index (χ3v) is 2.76. The summed E-state index contributed by atoms with van der Waals surface area (Å²) < 4.78 is 5.26. The monoisotopic (exact) mass is 241 g/mol. The molecule has 0 radical (unpaired) electrons. The SMILES string of the molecule is COc1ccccc1CCC(=O)c1ccccn1. The lowest BCUT2D eigenvalue weighted by Gasteiger charge is -2.07. The van der Waals surface area contributed by atoms with Crippen LogP contribution in [0.15, 0.2) is 48.7 Å². The molecule has 2 rings (SSSR count). The number of hydrogen-bond acceptors (Lipinski definition) is 3. The first-order valence-corrected chi connectivity index (χ1v) is 5.87. The molecule has 0 bridgehead atoms. The summed E-state index contributed by atoms with van der Waals surface area (Å²) in [6.07, 6.45) is 2.74. The first kappa shape index (κ1) is 12.3. The Balaban J connectivity index is 2.02. The van der Waals surface area contributed by atoms with Crippen LogP contribution in [-0.4, -0.2) is 17.9 Å². The molecule has 0 spiro atoms.